The first-order chi connectivity index (χ1) is 7.39. The van der Waals surface area contributed by atoms with E-state index in [9.17, 15) is 5.11 Å². The number of hydrogen-bond donors (Lipinski definition) is 1. The summed E-state index contributed by atoms with van der Waals surface area (Å²) in [6.07, 6.45) is 0. The van der Waals surface area contributed by atoms with Gasteiger partial charge in [-0.15, -0.1) is 0 Å². The van der Waals surface area contributed by atoms with E-state index < -0.39 is 0 Å². The lowest BCUT2D eigenvalue weighted by atomic mass is 9.83. The monoisotopic (exact) mass is 234 g/mol. The number of benzene rings is 2. The molecule has 2 aromatic carbocycles. The van der Waals surface area contributed by atoms with E-state index in [4.69, 9.17) is 11.6 Å². The highest BCUT2D eigenvalue weighted by Crippen LogP contribution is 2.36. The number of rotatable bonds is 0. The topological polar surface area (TPSA) is 20.2 Å². The van der Waals surface area contributed by atoms with Gasteiger partial charge in [-0.1, -0.05) is 44.5 Å². The molecule has 0 amide bonds. The van der Waals surface area contributed by atoms with E-state index in [1.807, 2.05) is 24.3 Å². The largest absolute Gasteiger partial charge is 0.508 e. The van der Waals surface area contributed by atoms with Crippen LogP contribution in [0.25, 0.3) is 10.8 Å². The van der Waals surface area contributed by atoms with Crippen molar-refractivity contribution in [3.8, 4) is 5.75 Å². The summed E-state index contributed by atoms with van der Waals surface area (Å²) in [7, 11) is 0. The minimum absolute atomic E-state index is 0.0122. The summed E-state index contributed by atoms with van der Waals surface area (Å²) in [5.41, 5.74) is 1.10. The number of fused-ring (bicyclic) bond motifs is 1. The fraction of sp³-hybridized carbons (Fsp3) is 0.286. The Morgan fingerprint density at radius 3 is 2.38 bits per heavy atom. The maximum absolute atomic E-state index is 9.74. The molecule has 0 aliphatic heterocycles. The molecule has 2 heteroatoms. The van der Waals surface area contributed by atoms with Gasteiger partial charge in [-0.2, -0.15) is 0 Å². The Bertz CT molecular complexity index is 538. The highest BCUT2D eigenvalue weighted by molar-refractivity contribution is 6.35. The summed E-state index contributed by atoms with van der Waals surface area (Å²) in [4.78, 5) is 0. The second kappa shape index (κ2) is 3.67. The van der Waals surface area contributed by atoms with Crippen LogP contribution in [0.1, 0.15) is 26.3 Å². The van der Waals surface area contributed by atoms with Gasteiger partial charge >= 0.3 is 0 Å². The minimum atomic E-state index is -0.0122. The van der Waals surface area contributed by atoms with Crippen molar-refractivity contribution in [2.75, 3.05) is 0 Å². The molecule has 84 valence electrons. The molecule has 0 aliphatic rings. The predicted molar refractivity (Wildman–Crippen MR) is 69.3 cm³/mol. The number of phenols is 1. The van der Waals surface area contributed by atoms with Crippen LogP contribution in [0.5, 0.6) is 5.75 Å². The van der Waals surface area contributed by atoms with Gasteiger partial charge in [0.1, 0.15) is 5.75 Å². The highest BCUT2D eigenvalue weighted by atomic mass is 35.5. The Labute approximate surface area is 101 Å². The molecule has 0 radical (unpaired) electrons. The number of aromatic hydroxyl groups is 1. The van der Waals surface area contributed by atoms with Crippen molar-refractivity contribution in [1.82, 2.24) is 0 Å². The van der Waals surface area contributed by atoms with Crippen LogP contribution in [0.3, 0.4) is 0 Å². The normalized spacial score (nSPS) is 12.0. The van der Waals surface area contributed by atoms with E-state index >= 15 is 0 Å². The van der Waals surface area contributed by atoms with Crippen LogP contribution in [-0.4, -0.2) is 5.11 Å². The highest BCUT2D eigenvalue weighted by Gasteiger charge is 2.18. The third-order valence-electron chi connectivity index (χ3n) is 2.74. The molecule has 0 aromatic heterocycles. The lowest BCUT2D eigenvalue weighted by Gasteiger charge is -2.22. The Balaban J connectivity index is 2.89. The first-order valence-electron chi connectivity index (χ1n) is 5.31. The van der Waals surface area contributed by atoms with E-state index in [2.05, 4.69) is 20.8 Å². The van der Waals surface area contributed by atoms with Gasteiger partial charge in [0.25, 0.3) is 0 Å². The summed E-state index contributed by atoms with van der Waals surface area (Å²) in [6.45, 7) is 6.38. The Kier molecular flexibility index (Phi) is 2.59. The lowest BCUT2D eigenvalue weighted by molar-refractivity contribution is 0.472. The summed E-state index contributed by atoms with van der Waals surface area (Å²) >= 11 is 6.14. The molecule has 0 saturated heterocycles. The molecule has 0 fully saturated rings. The van der Waals surface area contributed by atoms with Gasteiger partial charge in [0, 0.05) is 10.4 Å². The number of hydrogen-bond acceptors (Lipinski definition) is 1. The van der Waals surface area contributed by atoms with E-state index in [0.717, 1.165) is 16.3 Å². The summed E-state index contributed by atoms with van der Waals surface area (Å²) in [6, 6.07) is 9.36. The first-order valence-corrected chi connectivity index (χ1v) is 5.69. The molecule has 2 aromatic rings. The van der Waals surface area contributed by atoms with Crippen molar-refractivity contribution >= 4 is 22.4 Å². The van der Waals surface area contributed by atoms with Crippen LogP contribution in [0.15, 0.2) is 30.3 Å². The van der Waals surface area contributed by atoms with Crippen molar-refractivity contribution < 1.29 is 5.11 Å². The predicted octanol–water partition coefficient (Wildman–Crippen LogP) is 4.50. The van der Waals surface area contributed by atoms with Gasteiger partial charge in [0.05, 0.1) is 0 Å². The van der Waals surface area contributed by atoms with Crippen LogP contribution < -0.4 is 0 Å². The Morgan fingerprint density at radius 1 is 1.06 bits per heavy atom. The lowest BCUT2D eigenvalue weighted by Crippen LogP contribution is -2.11. The van der Waals surface area contributed by atoms with Crippen molar-refractivity contribution in [2.45, 2.75) is 26.2 Å². The van der Waals surface area contributed by atoms with Crippen LogP contribution in [-0.2, 0) is 5.41 Å². The standard InChI is InChI=1S/C14H15ClO/c1-14(2,3)12-8-9(16)7-11-10(12)5-4-6-13(11)15/h4-8,16H,1-3H3. The zero-order valence-corrected chi connectivity index (χ0v) is 10.5. The maximum atomic E-state index is 9.74. The van der Waals surface area contributed by atoms with Gasteiger partial charge in [0.15, 0.2) is 0 Å². The van der Waals surface area contributed by atoms with E-state index in [1.54, 1.807) is 6.07 Å². The molecule has 0 bridgehead atoms. The van der Waals surface area contributed by atoms with Gasteiger partial charge in [-0.05, 0) is 34.6 Å². The van der Waals surface area contributed by atoms with E-state index in [-0.39, 0.29) is 11.2 Å². The molecular weight excluding hydrogens is 220 g/mol. The molecule has 1 N–H and O–H groups in total. The van der Waals surface area contributed by atoms with Crippen molar-refractivity contribution in [3.63, 3.8) is 0 Å². The average molecular weight is 235 g/mol. The second-order valence-corrected chi connectivity index (χ2v) is 5.49. The van der Waals surface area contributed by atoms with Crippen molar-refractivity contribution in [1.29, 1.82) is 0 Å². The fourth-order valence-electron chi connectivity index (χ4n) is 1.95. The van der Waals surface area contributed by atoms with Crippen LogP contribution >= 0.6 is 11.6 Å². The molecule has 0 aliphatic carbocycles. The summed E-state index contributed by atoms with van der Waals surface area (Å²) in [5, 5.41) is 12.4. The maximum Gasteiger partial charge on any atom is 0.116 e. The van der Waals surface area contributed by atoms with Gasteiger partial charge in [-0.3, -0.25) is 0 Å². The molecule has 16 heavy (non-hydrogen) atoms. The molecule has 0 heterocycles. The molecule has 0 unspecified atom stereocenters. The summed E-state index contributed by atoms with van der Waals surface area (Å²) in [5.74, 6) is 0.269. The van der Waals surface area contributed by atoms with E-state index in [1.165, 1.54) is 0 Å². The smallest absolute Gasteiger partial charge is 0.116 e. The zero-order valence-electron chi connectivity index (χ0n) is 9.71. The van der Waals surface area contributed by atoms with Crippen LogP contribution in [0, 0.1) is 0 Å². The first kappa shape index (κ1) is 11.3. The fourth-order valence-corrected chi connectivity index (χ4v) is 2.18. The molecule has 1 nitrogen and oxygen atoms in total. The van der Waals surface area contributed by atoms with Crippen LogP contribution in [0.2, 0.25) is 5.02 Å². The molecular formula is C14H15ClO. The molecule has 0 spiro atoms. The minimum Gasteiger partial charge on any atom is -0.508 e. The van der Waals surface area contributed by atoms with E-state index in [0.29, 0.717) is 5.02 Å². The quantitative estimate of drug-likeness (QED) is 0.712. The Morgan fingerprint density at radius 2 is 1.75 bits per heavy atom. The van der Waals surface area contributed by atoms with Crippen molar-refractivity contribution in [3.05, 3.63) is 40.9 Å². The van der Waals surface area contributed by atoms with Crippen LogP contribution in [0.4, 0.5) is 0 Å². The summed E-state index contributed by atoms with van der Waals surface area (Å²) < 4.78 is 0. The SMILES string of the molecule is CC(C)(C)c1cc(O)cc2c(Cl)cccc12. The van der Waals surface area contributed by atoms with Gasteiger partial charge in [0.2, 0.25) is 0 Å². The van der Waals surface area contributed by atoms with Gasteiger partial charge in [-0.25, -0.2) is 0 Å². The Hall–Kier alpha value is -1.21. The molecule has 0 atom stereocenters. The zero-order chi connectivity index (χ0) is 11.9. The second-order valence-electron chi connectivity index (χ2n) is 5.08. The van der Waals surface area contributed by atoms with Gasteiger partial charge < -0.3 is 5.11 Å². The van der Waals surface area contributed by atoms with Crippen molar-refractivity contribution in [2.24, 2.45) is 0 Å². The number of phenolic OH excluding ortho intramolecular Hbond substituents is 1. The third kappa shape index (κ3) is 1.88. The molecule has 2 rings (SSSR count). The third-order valence-corrected chi connectivity index (χ3v) is 3.07. The average Bonchev–Trinajstić information content (AvgIpc) is 2.17. The molecule has 0 saturated carbocycles. The number of halogens is 1.